The summed E-state index contributed by atoms with van der Waals surface area (Å²) in [6.45, 7) is 6.04. The van der Waals surface area contributed by atoms with Crippen molar-refractivity contribution < 1.29 is 22.7 Å². The van der Waals surface area contributed by atoms with E-state index in [1.54, 1.807) is 4.90 Å². The fourth-order valence-corrected chi connectivity index (χ4v) is 4.26. The van der Waals surface area contributed by atoms with Gasteiger partial charge >= 0.3 is 5.97 Å². The normalized spacial score (nSPS) is 18.3. The molecule has 8 heteroatoms. The highest BCUT2D eigenvalue weighted by molar-refractivity contribution is 7.88. The van der Waals surface area contributed by atoms with E-state index < -0.39 is 34.2 Å². The number of ether oxygens (including phenoxy) is 1. The maximum Gasteiger partial charge on any atom is 0.324 e. The molecule has 0 N–H and O–H groups in total. The Kier molecular flexibility index (Phi) is 6.64. The molecule has 0 aromatic heterocycles. The van der Waals surface area contributed by atoms with Crippen molar-refractivity contribution in [2.24, 2.45) is 0 Å². The van der Waals surface area contributed by atoms with Crippen molar-refractivity contribution >= 4 is 21.9 Å². The minimum atomic E-state index is -3.48. The van der Waals surface area contributed by atoms with Crippen LogP contribution >= 0.6 is 0 Å². The van der Waals surface area contributed by atoms with Crippen LogP contribution in [0, 0.1) is 0 Å². The number of carbonyl (C=O) groups is 2. The van der Waals surface area contributed by atoms with Crippen molar-refractivity contribution in [3.63, 3.8) is 0 Å². The predicted octanol–water partition coefficient (Wildman–Crippen LogP) is 1.78. The van der Waals surface area contributed by atoms with Crippen molar-refractivity contribution in [2.45, 2.75) is 51.7 Å². The molecule has 1 heterocycles. The van der Waals surface area contributed by atoms with Crippen LogP contribution in [0.5, 0.6) is 0 Å². The summed E-state index contributed by atoms with van der Waals surface area (Å²) >= 11 is 0. The first kappa shape index (κ1) is 21.4. The standard InChI is InChI=1S/C19H28N2O5S/c1-19(2,3)20(13-15-9-6-5-7-10-15)17(22)14-26-18(23)16-11-8-12-21(16)27(4,24)25/h5-7,9-10,16H,8,11-14H2,1-4H3/t16-/m0/s1. The van der Waals surface area contributed by atoms with Crippen LogP contribution in [0.3, 0.4) is 0 Å². The van der Waals surface area contributed by atoms with Crippen molar-refractivity contribution in [3.05, 3.63) is 35.9 Å². The fraction of sp³-hybridized carbons (Fsp3) is 0.579. The van der Waals surface area contributed by atoms with Gasteiger partial charge in [-0.3, -0.25) is 9.59 Å². The van der Waals surface area contributed by atoms with Crippen LogP contribution in [0.1, 0.15) is 39.2 Å². The molecule has 1 aliphatic heterocycles. The Morgan fingerprint density at radius 3 is 2.41 bits per heavy atom. The van der Waals surface area contributed by atoms with Crippen LogP contribution in [0.15, 0.2) is 30.3 Å². The molecule has 0 spiro atoms. The molecule has 0 radical (unpaired) electrons. The molecule has 0 unspecified atom stereocenters. The van der Waals surface area contributed by atoms with Crippen molar-refractivity contribution in [1.29, 1.82) is 0 Å². The quantitative estimate of drug-likeness (QED) is 0.685. The third kappa shape index (κ3) is 5.77. The van der Waals surface area contributed by atoms with Crippen LogP contribution in [0.25, 0.3) is 0 Å². The lowest BCUT2D eigenvalue weighted by Crippen LogP contribution is -2.47. The summed E-state index contributed by atoms with van der Waals surface area (Å²) in [5.74, 6) is -0.983. The zero-order valence-corrected chi connectivity index (χ0v) is 17.2. The molecule has 150 valence electrons. The zero-order valence-electron chi connectivity index (χ0n) is 16.3. The number of rotatable bonds is 6. The van der Waals surface area contributed by atoms with Gasteiger partial charge < -0.3 is 9.64 Å². The third-order valence-corrected chi connectivity index (χ3v) is 5.82. The first-order valence-electron chi connectivity index (χ1n) is 8.98. The minimum absolute atomic E-state index is 0.300. The molecule has 1 fully saturated rings. The molecular formula is C19H28N2O5S. The Balaban J connectivity index is 2.02. The molecule has 0 aliphatic carbocycles. The summed E-state index contributed by atoms with van der Waals surface area (Å²) in [5.41, 5.74) is 0.525. The van der Waals surface area contributed by atoms with E-state index >= 15 is 0 Å². The van der Waals surface area contributed by atoms with E-state index in [4.69, 9.17) is 4.74 Å². The highest BCUT2D eigenvalue weighted by Crippen LogP contribution is 2.22. The van der Waals surface area contributed by atoms with Crippen LogP contribution in [0.4, 0.5) is 0 Å². The summed E-state index contributed by atoms with van der Waals surface area (Å²) in [6.07, 6.45) is 2.08. The minimum Gasteiger partial charge on any atom is -0.454 e. The Bertz CT molecular complexity index is 771. The van der Waals surface area contributed by atoms with Crippen molar-refractivity contribution in [3.8, 4) is 0 Å². The average molecular weight is 397 g/mol. The maximum atomic E-state index is 12.7. The highest BCUT2D eigenvalue weighted by atomic mass is 32.2. The first-order chi connectivity index (χ1) is 12.5. The second kappa shape index (κ2) is 8.39. The van der Waals surface area contributed by atoms with Gasteiger partial charge in [0.15, 0.2) is 6.61 Å². The largest absolute Gasteiger partial charge is 0.454 e. The first-order valence-corrected chi connectivity index (χ1v) is 10.8. The lowest BCUT2D eigenvalue weighted by Gasteiger charge is -2.36. The number of nitrogens with zero attached hydrogens (tertiary/aromatic N) is 2. The lowest BCUT2D eigenvalue weighted by molar-refractivity contribution is -0.157. The molecule has 7 nitrogen and oxygen atoms in total. The van der Waals surface area contributed by atoms with Gasteiger partial charge in [0.25, 0.3) is 5.91 Å². The number of amides is 1. The van der Waals surface area contributed by atoms with E-state index in [1.807, 2.05) is 51.1 Å². The van der Waals surface area contributed by atoms with E-state index in [1.165, 1.54) is 0 Å². The number of benzene rings is 1. The molecule has 1 aromatic carbocycles. The molecule has 1 saturated heterocycles. The monoisotopic (exact) mass is 396 g/mol. The summed E-state index contributed by atoms with van der Waals surface area (Å²) in [4.78, 5) is 26.7. The molecule has 1 aromatic rings. The Labute approximate surface area is 161 Å². The van der Waals surface area contributed by atoms with Gasteiger partial charge in [0.05, 0.1) is 6.26 Å². The maximum absolute atomic E-state index is 12.7. The van der Waals surface area contributed by atoms with E-state index in [0.29, 0.717) is 25.9 Å². The second-order valence-electron chi connectivity index (χ2n) is 7.78. The molecule has 0 saturated carbocycles. The smallest absolute Gasteiger partial charge is 0.324 e. The third-order valence-electron chi connectivity index (χ3n) is 4.53. The van der Waals surface area contributed by atoms with E-state index in [0.717, 1.165) is 16.1 Å². The molecule has 1 amide bonds. The molecule has 1 aliphatic rings. The number of hydrogen-bond acceptors (Lipinski definition) is 5. The summed E-state index contributed by atoms with van der Waals surface area (Å²) < 4.78 is 29.9. The Hall–Kier alpha value is -1.93. The number of sulfonamides is 1. The molecule has 1 atom stereocenters. The summed E-state index contributed by atoms with van der Waals surface area (Å²) in [6, 6.07) is 8.73. The number of hydrogen-bond donors (Lipinski definition) is 0. The summed E-state index contributed by atoms with van der Waals surface area (Å²) in [5, 5.41) is 0. The van der Waals surface area contributed by atoms with Gasteiger partial charge in [-0.2, -0.15) is 4.31 Å². The number of esters is 1. The molecule has 2 rings (SSSR count). The Morgan fingerprint density at radius 1 is 1.22 bits per heavy atom. The second-order valence-corrected chi connectivity index (χ2v) is 9.71. The van der Waals surface area contributed by atoms with E-state index in [-0.39, 0.29) is 5.91 Å². The van der Waals surface area contributed by atoms with E-state index in [9.17, 15) is 18.0 Å². The van der Waals surface area contributed by atoms with Gasteiger partial charge in [-0.1, -0.05) is 30.3 Å². The van der Waals surface area contributed by atoms with Crippen LogP contribution in [-0.2, 0) is 30.9 Å². The predicted molar refractivity (Wildman–Crippen MR) is 102 cm³/mol. The number of carbonyl (C=O) groups excluding carboxylic acids is 2. The van der Waals surface area contributed by atoms with Gasteiger partial charge in [-0.15, -0.1) is 0 Å². The topological polar surface area (TPSA) is 84.0 Å². The highest BCUT2D eigenvalue weighted by Gasteiger charge is 2.38. The SMILES string of the molecule is CC(C)(C)N(Cc1ccccc1)C(=O)COC(=O)[C@@H]1CCCN1S(C)(=O)=O. The fourth-order valence-electron chi connectivity index (χ4n) is 3.15. The average Bonchev–Trinajstić information content (AvgIpc) is 3.07. The van der Waals surface area contributed by atoms with Crippen LogP contribution in [-0.4, -0.2) is 60.5 Å². The van der Waals surface area contributed by atoms with Gasteiger partial charge in [0, 0.05) is 18.6 Å². The molecule has 0 bridgehead atoms. The molecular weight excluding hydrogens is 368 g/mol. The van der Waals surface area contributed by atoms with Gasteiger partial charge in [0.2, 0.25) is 10.0 Å². The molecule has 27 heavy (non-hydrogen) atoms. The Morgan fingerprint density at radius 2 is 1.85 bits per heavy atom. The van der Waals surface area contributed by atoms with Crippen LogP contribution in [0.2, 0.25) is 0 Å². The zero-order chi connectivity index (χ0) is 20.2. The van der Waals surface area contributed by atoms with Crippen molar-refractivity contribution in [1.82, 2.24) is 9.21 Å². The summed E-state index contributed by atoms with van der Waals surface area (Å²) in [7, 11) is -3.48. The van der Waals surface area contributed by atoms with Gasteiger partial charge in [0.1, 0.15) is 6.04 Å². The lowest BCUT2D eigenvalue weighted by atomic mass is 10.0. The van der Waals surface area contributed by atoms with Gasteiger partial charge in [-0.05, 0) is 39.2 Å². The van der Waals surface area contributed by atoms with Gasteiger partial charge in [-0.25, -0.2) is 8.42 Å². The van der Waals surface area contributed by atoms with Crippen molar-refractivity contribution in [2.75, 3.05) is 19.4 Å². The van der Waals surface area contributed by atoms with E-state index in [2.05, 4.69) is 0 Å². The van der Waals surface area contributed by atoms with Crippen LogP contribution < -0.4 is 0 Å².